The molecule has 1 aliphatic rings. The third-order valence-corrected chi connectivity index (χ3v) is 3.54. The molecule has 1 aromatic rings. The predicted molar refractivity (Wildman–Crippen MR) is 72.5 cm³/mol. The van der Waals surface area contributed by atoms with E-state index in [-0.39, 0.29) is 18.4 Å². The smallest absolute Gasteiger partial charge is 0.308 e. The molecule has 1 aliphatic heterocycles. The summed E-state index contributed by atoms with van der Waals surface area (Å²) in [5.74, 6) is -1.67. The number of carbonyl (C=O) groups is 2. The maximum Gasteiger partial charge on any atom is 0.308 e. The SMILES string of the molecule is C=C1c2ccccc2C(=O)N1CC(C(=O)O)C(C)C. The molecule has 19 heavy (non-hydrogen) atoms. The molecule has 1 aromatic carbocycles. The number of benzene rings is 1. The van der Waals surface area contributed by atoms with E-state index in [1.807, 2.05) is 26.0 Å². The lowest BCUT2D eigenvalue weighted by Gasteiger charge is -2.24. The first kappa shape index (κ1) is 13.3. The highest BCUT2D eigenvalue weighted by atomic mass is 16.4. The number of aliphatic carboxylic acids is 1. The van der Waals surface area contributed by atoms with Crippen LogP contribution in [0.2, 0.25) is 0 Å². The van der Waals surface area contributed by atoms with E-state index in [2.05, 4.69) is 6.58 Å². The lowest BCUT2D eigenvalue weighted by Crippen LogP contribution is -2.35. The second kappa shape index (κ2) is 4.88. The van der Waals surface area contributed by atoms with Crippen LogP contribution in [0, 0.1) is 11.8 Å². The van der Waals surface area contributed by atoms with Gasteiger partial charge in [-0.25, -0.2) is 0 Å². The molecular weight excluding hydrogens is 242 g/mol. The highest BCUT2D eigenvalue weighted by molar-refractivity contribution is 6.08. The third-order valence-electron chi connectivity index (χ3n) is 3.54. The summed E-state index contributed by atoms with van der Waals surface area (Å²) in [6, 6.07) is 7.22. The monoisotopic (exact) mass is 259 g/mol. The fraction of sp³-hybridized carbons (Fsp3) is 0.333. The first-order valence-electron chi connectivity index (χ1n) is 6.26. The van der Waals surface area contributed by atoms with Crippen molar-refractivity contribution in [2.24, 2.45) is 11.8 Å². The molecule has 1 N–H and O–H groups in total. The van der Waals surface area contributed by atoms with Crippen molar-refractivity contribution in [3.63, 3.8) is 0 Å². The zero-order valence-corrected chi connectivity index (χ0v) is 11.1. The predicted octanol–water partition coefficient (Wildman–Crippen LogP) is 2.47. The molecule has 0 bridgehead atoms. The molecule has 2 rings (SSSR count). The molecular formula is C15H17NO3. The second-order valence-corrected chi connectivity index (χ2v) is 5.10. The summed E-state index contributed by atoms with van der Waals surface area (Å²) in [5.41, 5.74) is 1.98. The Balaban J connectivity index is 2.27. The molecule has 1 amide bonds. The van der Waals surface area contributed by atoms with E-state index in [0.29, 0.717) is 11.3 Å². The molecule has 0 fully saturated rings. The molecule has 1 unspecified atom stereocenters. The fourth-order valence-electron chi connectivity index (χ4n) is 2.30. The van der Waals surface area contributed by atoms with Crippen molar-refractivity contribution < 1.29 is 14.7 Å². The molecule has 0 saturated heterocycles. The molecule has 1 heterocycles. The van der Waals surface area contributed by atoms with Crippen LogP contribution < -0.4 is 0 Å². The van der Waals surface area contributed by atoms with Crippen molar-refractivity contribution in [3.05, 3.63) is 42.0 Å². The lowest BCUT2D eigenvalue weighted by molar-refractivity contribution is -0.143. The van der Waals surface area contributed by atoms with Crippen molar-refractivity contribution in [1.82, 2.24) is 4.90 Å². The molecule has 100 valence electrons. The molecule has 0 aromatic heterocycles. The van der Waals surface area contributed by atoms with Gasteiger partial charge in [-0.05, 0) is 12.0 Å². The largest absolute Gasteiger partial charge is 0.481 e. The first-order chi connectivity index (χ1) is 8.93. The number of carboxylic acid groups (broad SMARTS) is 1. The highest BCUT2D eigenvalue weighted by Gasteiger charge is 2.34. The van der Waals surface area contributed by atoms with Crippen molar-refractivity contribution in [3.8, 4) is 0 Å². The number of carbonyl (C=O) groups excluding carboxylic acids is 1. The Bertz CT molecular complexity index is 513. The average Bonchev–Trinajstić information content (AvgIpc) is 2.59. The van der Waals surface area contributed by atoms with Gasteiger partial charge in [0.1, 0.15) is 0 Å². The minimum Gasteiger partial charge on any atom is -0.481 e. The molecule has 0 saturated carbocycles. The number of hydrogen-bond donors (Lipinski definition) is 1. The van der Waals surface area contributed by atoms with Crippen LogP contribution in [0.25, 0.3) is 5.70 Å². The number of carboxylic acids is 1. The van der Waals surface area contributed by atoms with E-state index < -0.39 is 11.9 Å². The average molecular weight is 259 g/mol. The quantitative estimate of drug-likeness (QED) is 0.903. The Kier molecular flexibility index (Phi) is 3.42. The number of fused-ring (bicyclic) bond motifs is 1. The van der Waals surface area contributed by atoms with E-state index in [4.69, 9.17) is 0 Å². The van der Waals surface area contributed by atoms with Gasteiger partial charge in [0.25, 0.3) is 5.91 Å². The summed E-state index contributed by atoms with van der Waals surface area (Å²) >= 11 is 0. The lowest BCUT2D eigenvalue weighted by atomic mass is 9.95. The van der Waals surface area contributed by atoms with Crippen molar-refractivity contribution in [1.29, 1.82) is 0 Å². The highest BCUT2D eigenvalue weighted by Crippen LogP contribution is 2.32. The van der Waals surface area contributed by atoms with Gasteiger partial charge >= 0.3 is 5.97 Å². The molecule has 4 heteroatoms. The second-order valence-electron chi connectivity index (χ2n) is 5.10. The zero-order chi connectivity index (χ0) is 14.2. The van der Waals surface area contributed by atoms with Gasteiger partial charge in [0.15, 0.2) is 0 Å². The summed E-state index contributed by atoms with van der Waals surface area (Å²) in [5, 5.41) is 9.23. The van der Waals surface area contributed by atoms with E-state index in [1.165, 1.54) is 4.90 Å². The van der Waals surface area contributed by atoms with Crippen LogP contribution in [0.1, 0.15) is 29.8 Å². The van der Waals surface area contributed by atoms with E-state index in [1.54, 1.807) is 12.1 Å². The number of nitrogens with zero attached hydrogens (tertiary/aromatic N) is 1. The van der Waals surface area contributed by atoms with E-state index in [0.717, 1.165) is 5.56 Å². The molecule has 0 aliphatic carbocycles. The van der Waals surface area contributed by atoms with Crippen LogP contribution in [-0.2, 0) is 4.79 Å². The van der Waals surface area contributed by atoms with Gasteiger partial charge in [0.05, 0.1) is 5.92 Å². The Morgan fingerprint density at radius 1 is 1.32 bits per heavy atom. The normalized spacial score (nSPS) is 15.8. The Morgan fingerprint density at radius 2 is 1.89 bits per heavy atom. The van der Waals surface area contributed by atoms with Crippen molar-refractivity contribution in [2.45, 2.75) is 13.8 Å². The molecule has 0 spiro atoms. The minimum absolute atomic E-state index is 0.0400. The third kappa shape index (κ3) is 2.26. The summed E-state index contributed by atoms with van der Waals surface area (Å²) in [4.78, 5) is 25.0. The fourth-order valence-corrected chi connectivity index (χ4v) is 2.30. The van der Waals surface area contributed by atoms with Crippen LogP contribution in [0.3, 0.4) is 0 Å². The van der Waals surface area contributed by atoms with E-state index in [9.17, 15) is 14.7 Å². The number of rotatable bonds is 4. The summed E-state index contributed by atoms with van der Waals surface area (Å²) in [7, 11) is 0. The van der Waals surface area contributed by atoms with E-state index >= 15 is 0 Å². The van der Waals surface area contributed by atoms with Gasteiger partial charge in [-0.3, -0.25) is 9.59 Å². The van der Waals surface area contributed by atoms with Crippen LogP contribution in [-0.4, -0.2) is 28.4 Å². The van der Waals surface area contributed by atoms with Gasteiger partial charge in [0.2, 0.25) is 0 Å². The van der Waals surface area contributed by atoms with Crippen LogP contribution in [0.5, 0.6) is 0 Å². The van der Waals surface area contributed by atoms with Gasteiger partial charge in [-0.1, -0.05) is 38.6 Å². The molecule has 4 nitrogen and oxygen atoms in total. The zero-order valence-electron chi connectivity index (χ0n) is 11.1. The maximum atomic E-state index is 12.3. The van der Waals surface area contributed by atoms with Gasteiger partial charge in [-0.15, -0.1) is 0 Å². The van der Waals surface area contributed by atoms with Crippen LogP contribution in [0.4, 0.5) is 0 Å². The van der Waals surface area contributed by atoms with Crippen molar-refractivity contribution in [2.75, 3.05) is 6.54 Å². The Hall–Kier alpha value is -2.10. The summed E-state index contributed by atoms with van der Waals surface area (Å²) in [6.45, 7) is 7.76. The Labute approximate surface area is 112 Å². The number of hydrogen-bond acceptors (Lipinski definition) is 2. The van der Waals surface area contributed by atoms with Crippen molar-refractivity contribution >= 4 is 17.6 Å². The standard InChI is InChI=1S/C15H17NO3/c1-9(2)13(15(18)19)8-16-10(3)11-6-4-5-7-12(11)14(16)17/h4-7,9,13H,3,8H2,1-2H3,(H,18,19). The van der Waals surface area contributed by atoms with Gasteiger partial charge < -0.3 is 10.0 Å². The Morgan fingerprint density at radius 3 is 2.37 bits per heavy atom. The molecule has 0 radical (unpaired) electrons. The van der Waals surface area contributed by atoms with Crippen LogP contribution in [0.15, 0.2) is 30.8 Å². The minimum atomic E-state index is -0.883. The summed E-state index contributed by atoms with van der Waals surface area (Å²) < 4.78 is 0. The van der Waals surface area contributed by atoms with Crippen LogP contribution >= 0.6 is 0 Å². The number of amides is 1. The first-order valence-corrected chi connectivity index (χ1v) is 6.26. The topological polar surface area (TPSA) is 57.6 Å². The van der Waals surface area contributed by atoms with Gasteiger partial charge in [-0.2, -0.15) is 0 Å². The molecule has 1 atom stereocenters. The van der Waals surface area contributed by atoms with Gasteiger partial charge in [0, 0.05) is 23.4 Å². The maximum absolute atomic E-state index is 12.3. The summed E-state index contributed by atoms with van der Waals surface area (Å²) in [6.07, 6.45) is 0.